The maximum absolute atomic E-state index is 12.2. The van der Waals surface area contributed by atoms with E-state index < -0.39 is 0 Å². The molecule has 0 radical (unpaired) electrons. The first-order valence-electron chi connectivity index (χ1n) is 8.04. The number of hydrogen-bond donors (Lipinski definition) is 3. The van der Waals surface area contributed by atoms with E-state index in [1.165, 1.54) is 22.9 Å². The van der Waals surface area contributed by atoms with Gasteiger partial charge in [0.05, 0.1) is 16.0 Å². The molecule has 3 atom stereocenters. The minimum Gasteiger partial charge on any atom is -0.353 e. The average molecular weight is 348 g/mol. The fourth-order valence-corrected chi connectivity index (χ4v) is 5.30. The number of para-hydroxylation sites is 1. The third-order valence-corrected chi connectivity index (χ3v) is 6.79. The molecule has 1 saturated carbocycles. The number of carbonyl (C=O) groups excluding carboxylic acids is 1. The number of thioether (sulfide) groups is 1. The molecule has 23 heavy (non-hydrogen) atoms. The average Bonchev–Trinajstić information content (AvgIpc) is 3.18. The minimum absolute atomic E-state index is 0.115. The van der Waals surface area contributed by atoms with E-state index in [0.29, 0.717) is 17.8 Å². The van der Waals surface area contributed by atoms with E-state index in [1.54, 1.807) is 11.3 Å². The molecule has 0 spiro atoms. The number of amides is 1. The lowest BCUT2D eigenvalue weighted by atomic mass is 9.83. The largest absolute Gasteiger partial charge is 0.353 e. The Morgan fingerprint density at radius 2 is 2.30 bits per heavy atom. The first kappa shape index (κ1) is 15.4. The lowest BCUT2D eigenvalue weighted by Gasteiger charge is -2.31. The zero-order chi connectivity index (χ0) is 15.6. The predicted octanol–water partition coefficient (Wildman–Crippen LogP) is 2.15. The van der Waals surface area contributed by atoms with Crippen LogP contribution in [0.15, 0.2) is 28.6 Å². The second-order valence-corrected chi connectivity index (χ2v) is 8.46. The standard InChI is InChI=1S/C16H20N4OS2/c21-15(18-11-6-5-10-8-17-20-13(10)7-11)9-22-16-19-12-3-1-2-4-14(12)23-16/h1-4,10-11,13,17,20H,5-9H2,(H,18,21). The number of hydrogen-bond acceptors (Lipinski definition) is 6. The molecule has 1 aromatic heterocycles. The van der Waals surface area contributed by atoms with E-state index in [2.05, 4.69) is 27.2 Å². The van der Waals surface area contributed by atoms with Crippen molar-refractivity contribution in [2.75, 3.05) is 12.3 Å². The molecule has 3 unspecified atom stereocenters. The van der Waals surface area contributed by atoms with Gasteiger partial charge in [0, 0.05) is 18.6 Å². The van der Waals surface area contributed by atoms with Gasteiger partial charge in [-0.15, -0.1) is 11.3 Å². The van der Waals surface area contributed by atoms with Crippen LogP contribution in [0.5, 0.6) is 0 Å². The van der Waals surface area contributed by atoms with Crippen molar-refractivity contribution in [2.24, 2.45) is 5.92 Å². The van der Waals surface area contributed by atoms with Crippen molar-refractivity contribution in [3.8, 4) is 0 Å². The summed E-state index contributed by atoms with van der Waals surface area (Å²) in [5.41, 5.74) is 7.56. The quantitative estimate of drug-likeness (QED) is 0.739. The van der Waals surface area contributed by atoms with Gasteiger partial charge in [0.25, 0.3) is 0 Å². The highest BCUT2D eigenvalue weighted by atomic mass is 32.2. The Labute approximate surface area is 143 Å². The van der Waals surface area contributed by atoms with Crippen molar-refractivity contribution in [3.63, 3.8) is 0 Å². The number of benzene rings is 1. The van der Waals surface area contributed by atoms with Crippen LogP contribution in [-0.4, -0.2) is 35.3 Å². The summed E-state index contributed by atoms with van der Waals surface area (Å²) < 4.78 is 2.14. The van der Waals surface area contributed by atoms with E-state index in [0.717, 1.165) is 35.2 Å². The van der Waals surface area contributed by atoms with Crippen molar-refractivity contribution in [1.29, 1.82) is 0 Å². The fourth-order valence-electron chi connectivity index (χ4n) is 3.42. The zero-order valence-electron chi connectivity index (χ0n) is 12.7. The Balaban J connectivity index is 1.28. The van der Waals surface area contributed by atoms with E-state index in [4.69, 9.17) is 0 Å². The normalized spacial score (nSPS) is 27.0. The van der Waals surface area contributed by atoms with Crippen molar-refractivity contribution in [1.82, 2.24) is 21.2 Å². The highest BCUT2D eigenvalue weighted by molar-refractivity contribution is 8.01. The van der Waals surface area contributed by atoms with Gasteiger partial charge in [-0.1, -0.05) is 23.9 Å². The Morgan fingerprint density at radius 3 is 3.22 bits per heavy atom. The molecule has 4 rings (SSSR count). The van der Waals surface area contributed by atoms with E-state index in [9.17, 15) is 4.79 Å². The Bertz CT molecular complexity index is 671. The van der Waals surface area contributed by atoms with Crippen LogP contribution in [0.1, 0.15) is 19.3 Å². The molecular formula is C16H20N4OS2. The second kappa shape index (κ2) is 6.76. The second-order valence-electron chi connectivity index (χ2n) is 6.21. The van der Waals surface area contributed by atoms with E-state index in [1.807, 2.05) is 18.2 Å². The van der Waals surface area contributed by atoms with Gasteiger partial charge in [-0.3, -0.25) is 15.6 Å². The smallest absolute Gasteiger partial charge is 0.230 e. The molecule has 3 N–H and O–H groups in total. The number of hydrazine groups is 1. The lowest BCUT2D eigenvalue weighted by Crippen LogP contribution is -2.45. The number of carbonyl (C=O) groups is 1. The summed E-state index contributed by atoms with van der Waals surface area (Å²) in [6, 6.07) is 8.89. The maximum Gasteiger partial charge on any atom is 0.230 e. The van der Waals surface area contributed by atoms with E-state index in [-0.39, 0.29) is 5.91 Å². The first-order chi connectivity index (χ1) is 11.3. The van der Waals surface area contributed by atoms with Crippen LogP contribution in [0, 0.1) is 5.92 Å². The molecule has 5 nitrogen and oxygen atoms in total. The molecule has 2 heterocycles. The number of rotatable bonds is 4. The minimum atomic E-state index is 0.115. The highest BCUT2D eigenvalue weighted by Crippen LogP contribution is 2.30. The van der Waals surface area contributed by atoms with Crippen molar-refractivity contribution >= 4 is 39.2 Å². The van der Waals surface area contributed by atoms with Gasteiger partial charge in [-0.2, -0.15) is 0 Å². The highest BCUT2D eigenvalue weighted by Gasteiger charge is 2.34. The monoisotopic (exact) mass is 348 g/mol. The zero-order valence-corrected chi connectivity index (χ0v) is 14.4. The van der Waals surface area contributed by atoms with Crippen LogP contribution < -0.4 is 16.2 Å². The molecular weight excluding hydrogens is 328 g/mol. The summed E-state index contributed by atoms with van der Waals surface area (Å²) in [5, 5.41) is 3.18. The van der Waals surface area contributed by atoms with E-state index >= 15 is 0 Å². The van der Waals surface area contributed by atoms with Crippen LogP contribution in [-0.2, 0) is 4.79 Å². The molecule has 2 fully saturated rings. The maximum atomic E-state index is 12.2. The summed E-state index contributed by atoms with van der Waals surface area (Å²) in [7, 11) is 0. The van der Waals surface area contributed by atoms with Crippen molar-refractivity contribution in [2.45, 2.75) is 35.7 Å². The van der Waals surface area contributed by atoms with Gasteiger partial charge >= 0.3 is 0 Å². The molecule has 1 saturated heterocycles. The Kier molecular flexibility index (Phi) is 4.52. The molecule has 1 aliphatic carbocycles. The summed E-state index contributed by atoms with van der Waals surface area (Å²) in [6.07, 6.45) is 3.29. The molecule has 1 amide bonds. The molecule has 122 valence electrons. The summed E-state index contributed by atoms with van der Waals surface area (Å²) >= 11 is 3.18. The number of aromatic nitrogens is 1. The van der Waals surface area contributed by atoms with Gasteiger partial charge in [0.1, 0.15) is 0 Å². The summed E-state index contributed by atoms with van der Waals surface area (Å²) in [4.78, 5) is 16.8. The number of nitrogens with one attached hydrogen (secondary N) is 3. The SMILES string of the molecule is O=C(CSc1nc2ccccc2s1)NC1CCC2CNNC2C1. The van der Waals surface area contributed by atoms with Crippen molar-refractivity contribution in [3.05, 3.63) is 24.3 Å². The third-order valence-electron chi connectivity index (χ3n) is 4.61. The van der Waals surface area contributed by atoms with Crippen molar-refractivity contribution < 1.29 is 4.79 Å². The first-order valence-corrected chi connectivity index (χ1v) is 9.84. The Hall–Kier alpha value is -1.15. The van der Waals surface area contributed by atoms with Gasteiger partial charge in [-0.25, -0.2) is 4.98 Å². The summed E-state index contributed by atoms with van der Waals surface area (Å²) in [5.74, 6) is 1.28. The van der Waals surface area contributed by atoms with Crippen LogP contribution in [0.4, 0.5) is 0 Å². The van der Waals surface area contributed by atoms with Crippen LogP contribution >= 0.6 is 23.1 Å². The molecule has 1 aromatic carbocycles. The molecule has 1 aliphatic heterocycles. The number of fused-ring (bicyclic) bond motifs is 2. The number of nitrogens with zero attached hydrogens (tertiary/aromatic N) is 1. The predicted molar refractivity (Wildman–Crippen MR) is 94.5 cm³/mol. The number of thiazole rings is 1. The fraction of sp³-hybridized carbons (Fsp3) is 0.500. The van der Waals surface area contributed by atoms with Gasteiger partial charge in [0.15, 0.2) is 4.34 Å². The van der Waals surface area contributed by atoms with Crippen LogP contribution in [0.2, 0.25) is 0 Å². The van der Waals surface area contributed by atoms with Crippen LogP contribution in [0.25, 0.3) is 10.2 Å². The molecule has 2 aliphatic rings. The molecule has 7 heteroatoms. The van der Waals surface area contributed by atoms with Gasteiger partial charge < -0.3 is 5.32 Å². The third kappa shape index (κ3) is 3.52. The summed E-state index contributed by atoms with van der Waals surface area (Å²) in [6.45, 7) is 1.05. The molecule has 0 bridgehead atoms. The van der Waals surface area contributed by atoms with Gasteiger partial charge in [-0.05, 0) is 37.3 Å². The van der Waals surface area contributed by atoms with Gasteiger partial charge in [0.2, 0.25) is 5.91 Å². The molecule has 2 aromatic rings. The van der Waals surface area contributed by atoms with Crippen LogP contribution in [0.3, 0.4) is 0 Å². The topological polar surface area (TPSA) is 66.0 Å². The lowest BCUT2D eigenvalue weighted by molar-refractivity contribution is -0.119. The Morgan fingerprint density at radius 1 is 1.39 bits per heavy atom.